The molecular weight excluding hydrogens is 308 g/mol. The number of thioether (sulfide) groups is 1. The Balaban J connectivity index is 1.59. The first-order chi connectivity index (χ1) is 10.2. The number of carbonyl (C=O) groups is 2. The van der Waals surface area contributed by atoms with Crippen molar-refractivity contribution in [3.63, 3.8) is 0 Å². The lowest BCUT2D eigenvalue weighted by Gasteiger charge is -2.47. The molecule has 0 saturated carbocycles. The summed E-state index contributed by atoms with van der Waals surface area (Å²) in [6.45, 7) is 0. The van der Waals surface area contributed by atoms with Gasteiger partial charge in [0.1, 0.15) is 11.4 Å². The topological polar surface area (TPSA) is 49.4 Å². The minimum Gasteiger partial charge on any atom is -0.341 e. The Morgan fingerprint density at radius 3 is 2.86 bits per heavy atom. The van der Waals surface area contributed by atoms with E-state index in [9.17, 15) is 9.59 Å². The fourth-order valence-electron chi connectivity index (χ4n) is 2.44. The van der Waals surface area contributed by atoms with E-state index in [0.29, 0.717) is 12.3 Å². The van der Waals surface area contributed by atoms with Gasteiger partial charge in [0, 0.05) is 17.8 Å². The minimum absolute atomic E-state index is 0.00388. The lowest BCUT2D eigenvalue weighted by molar-refractivity contribution is -0.144. The number of rotatable bonds is 4. The zero-order valence-corrected chi connectivity index (χ0v) is 12.9. The summed E-state index contributed by atoms with van der Waals surface area (Å²) in [5, 5.41) is 2.84. The van der Waals surface area contributed by atoms with Crippen LogP contribution < -0.4 is 5.32 Å². The van der Waals surface area contributed by atoms with Crippen LogP contribution in [0.4, 0.5) is 0 Å². The van der Waals surface area contributed by atoms with Gasteiger partial charge in [-0.25, -0.2) is 0 Å². The van der Waals surface area contributed by atoms with Crippen molar-refractivity contribution >= 4 is 35.2 Å². The van der Waals surface area contributed by atoms with Gasteiger partial charge in [0.15, 0.2) is 0 Å². The Kier molecular flexibility index (Phi) is 4.22. The van der Waals surface area contributed by atoms with E-state index in [1.165, 1.54) is 0 Å². The monoisotopic (exact) mass is 322 g/mol. The van der Waals surface area contributed by atoms with Crippen molar-refractivity contribution in [3.8, 4) is 0 Å². The molecule has 21 heavy (non-hydrogen) atoms. The van der Waals surface area contributed by atoms with Crippen LogP contribution in [0.1, 0.15) is 5.56 Å². The molecule has 1 aromatic rings. The molecule has 6 heteroatoms. The highest BCUT2D eigenvalue weighted by Crippen LogP contribution is 2.36. The smallest absolute Gasteiger partial charge is 0.253 e. The molecule has 2 aliphatic heterocycles. The average molecular weight is 323 g/mol. The second-order valence-corrected chi connectivity index (χ2v) is 6.45. The van der Waals surface area contributed by atoms with E-state index in [-0.39, 0.29) is 17.2 Å². The predicted octanol–water partition coefficient (Wildman–Crippen LogP) is 1.75. The maximum Gasteiger partial charge on any atom is 0.253 e. The molecule has 1 aromatic carbocycles. The van der Waals surface area contributed by atoms with Crippen LogP contribution in [0.2, 0.25) is 0 Å². The fraction of sp³-hybridized carbons (Fsp3) is 0.333. The number of benzene rings is 1. The Morgan fingerprint density at radius 2 is 2.14 bits per heavy atom. The molecule has 2 amide bonds. The molecule has 0 aromatic heterocycles. The second kappa shape index (κ2) is 6.12. The van der Waals surface area contributed by atoms with Crippen molar-refractivity contribution in [2.75, 3.05) is 11.6 Å². The van der Waals surface area contributed by atoms with Crippen molar-refractivity contribution in [3.05, 3.63) is 47.7 Å². The van der Waals surface area contributed by atoms with Gasteiger partial charge >= 0.3 is 0 Å². The summed E-state index contributed by atoms with van der Waals surface area (Å²) in [5.41, 5.74) is 1.99. The largest absolute Gasteiger partial charge is 0.341 e. The normalized spacial score (nSPS) is 24.0. The maximum atomic E-state index is 12.1. The Labute approximate surface area is 132 Å². The Bertz CT molecular complexity index is 591. The number of fused-ring (bicyclic) bond motifs is 1. The van der Waals surface area contributed by atoms with E-state index in [2.05, 4.69) is 5.32 Å². The number of hydrogen-bond acceptors (Lipinski definition) is 3. The molecule has 1 N–H and O–H groups in total. The van der Waals surface area contributed by atoms with E-state index in [1.54, 1.807) is 16.7 Å². The zero-order chi connectivity index (χ0) is 14.8. The molecule has 0 aliphatic carbocycles. The summed E-state index contributed by atoms with van der Waals surface area (Å²) in [6.07, 6.45) is 2.11. The lowest BCUT2D eigenvalue weighted by Crippen LogP contribution is -2.68. The molecule has 0 bridgehead atoms. The summed E-state index contributed by atoms with van der Waals surface area (Å²) in [5.74, 6) is 1.07. The van der Waals surface area contributed by atoms with E-state index in [1.807, 2.05) is 36.5 Å². The third kappa shape index (κ3) is 2.94. The first kappa shape index (κ1) is 14.5. The molecule has 0 spiro atoms. The molecule has 2 heterocycles. The van der Waals surface area contributed by atoms with Gasteiger partial charge in [-0.1, -0.05) is 30.3 Å². The summed E-state index contributed by atoms with van der Waals surface area (Å²) < 4.78 is 0. The summed E-state index contributed by atoms with van der Waals surface area (Å²) in [7, 11) is 0. The number of β-lactam (4-membered cyclic amide) rings is 1. The number of nitrogens with zero attached hydrogens (tertiary/aromatic N) is 1. The first-order valence-electron chi connectivity index (χ1n) is 6.71. The van der Waals surface area contributed by atoms with Crippen LogP contribution in [-0.4, -0.2) is 39.8 Å². The Hall–Kier alpha value is -1.46. The quantitative estimate of drug-likeness (QED) is 0.679. The third-order valence-corrected chi connectivity index (χ3v) is 5.26. The standard InChI is InChI=1S/C15H15ClN2O2S/c16-7-11-8-18-14(20)13(15(18)21-9-11)17-12(19)6-10-4-2-1-3-5-10/h1-5,8,13,15H,6-7,9H2,(H,17,19). The van der Waals surface area contributed by atoms with Gasteiger partial charge in [0.2, 0.25) is 5.91 Å². The molecule has 0 radical (unpaired) electrons. The summed E-state index contributed by atoms with van der Waals surface area (Å²) in [6, 6.07) is 9.09. The van der Waals surface area contributed by atoms with E-state index in [4.69, 9.17) is 11.6 Å². The van der Waals surface area contributed by atoms with Crippen molar-refractivity contribution in [1.82, 2.24) is 10.2 Å². The number of halogens is 1. The maximum absolute atomic E-state index is 12.1. The first-order valence-corrected chi connectivity index (χ1v) is 8.30. The predicted molar refractivity (Wildman–Crippen MR) is 84.0 cm³/mol. The molecule has 1 saturated heterocycles. The van der Waals surface area contributed by atoms with Crippen LogP contribution in [0, 0.1) is 0 Å². The highest BCUT2D eigenvalue weighted by atomic mass is 35.5. The third-order valence-electron chi connectivity index (χ3n) is 3.54. The highest BCUT2D eigenvalue weighted by molar-refractivity contribution is 8.00. The summed E-state index contributed by atoms with van der Waals surface area (Å²) in [4.78, 5) is 25.8. The van der Waals surface area contributed by atoms with Crippen LogP contribution in [0.5, 0.6) is 0 Å². The van der Waals surface area contributed by atoms with Crippen molar-refractivity contribution in [1.29, 1.82) is 0 Å². The van der Waals surface area contributed by atoms with Gasteiger partial charge in [-0.3, -0.25) is 9.59 Å². The molecule has 110 valence electrons. The average Bonchev–Trinajstić information content (AvgIpc) is 2.52. The van der Waals surface area contributed by atoms with Gasteiger partial charge in [0.25, 0.3) is 5.91 Å². The van der Waals surface area contributed by atoms with Crippen LogP contribution in [0.3, 0.4) is 0 Å². The fourth-order valence-corrected chi connectivity index (χ4v) is 3.98. The number of hydrogen-bond donors (Lipinski definition) is 1. The van der Waals surface area contributed by atoms with Crippen molar-refractivity contribution < 1.29 is 9.59 Å². The van der Waals surface area contributed by atoms with E-state index in [0.717, 1.165) is 16.9 Å². The van der Waals surface area contributed by atoms with Crippen LogP contribution in [-0.2, 0) is 16.0 Å². The van der Waals surface area contributed by atoms with Crippen LogP contribution in [0.25, 0.3) is 0 Å². The molecule has 2 unspecified atom stereocenters. The molecule has 2 aliphatic rings. The number of alkyl halides is 1. The van der Waals surface area contributed by atoms with Gasteiger partial charge in [0.05, 0.1) is 6.42 Å². The SMILES string of the molecule is O=C(Cc1ccccc1)NC1C(=O)N2C=C(CCl)CSC12. The highest BCUT2D eigenvalue weighted by Gasteiger charge is 2.49. The van der Waals surface area contributed by atoms with E-state index < -0.39 is 6.04 Å². The van der Waals surface area contributed by atoms with Crippen LogP contribution >= 0.6 is 23.4 Å². The molecule has 1 fully saturated rings. The van der Waals surface area contributed by atoms with Gasteiger partial charge in [-0.05, 0) is 11.1 Å². The second-order valence-electron chi connectivity index (χ2n) is 5.08. The van der Waals surface area contributed by atoms with Crippen LogP contribution in [0.15, 0.2) is 42.1 Å². The molecular formula is C15H15ClN2O2S. The van der Waals surface area contributed by atoms with E-state index >= 15 is 0 Å². The van der Waals surface area contributed by atoms with Gasteiger partial charge in [-0.2, -0.15) is 0 Å². The molecule has 3 rings (SSSR count). The van der Waals surface area contributed by atoms with Gasteiger partial charge < -0.3 is 10.2 Å². The molecule has 4 nitrogen and oxygen atoms in total. The zero-order valence-electron chi connectivity index (χ0n) is 11.3. The molecule has 2 atom stereocenters. The minimum atomic E-state index is -0.417. The number of amides is 2. The van der Waals surface area contributed by atoms with Crippen molar-refractivity contribution in [2.45, 2.75) is 17.8 Å². The lowest BCUT2D eigenvalue weighted by atomic mass is 10.1. The number of carbonyl (C=O) groups excluding carboxylic acids is 2. The van der Waals surface area contributed by atoms with Crippen molar-refractivity contribution in [2.24, 2.45) is 0 Å². The van der Waals surface area contributed by atoms with Gasteiger partial charge in [-0.15, -0.1) is 23.4 Å². The number of nitrogens with one attached hydrogen (secondary N) is 1. The Morgan fingerprint density at radius 1 is 1.38 bits per heavy atom. The summed E-state index contributed by atoms with van der Waals surface area (Å²) >= 11 is 7.43.